The van der Waals surface area contributed by atoms with Gasteiger partial charge in [-0.2, -0.15) is 0 Å². The van der Waals surface area contributed by atoms with Crippen LogP contribution in [0.3, 0.4) is 0 Å². The van der Waals surface area contributed by atoms with Gasteiger partial charge in [-0.3, -0.25) is 0 Å². The molecule has 0 fully saturated rings. The van der Waals surface area contributed by atoms with Gasteiger partial charge in [0.05, 0.1) is 0 Å². The van der Waals surface area contributed by atoms with E-state index >= 15 is 0 Å². The second-order valence-corrected chi connectivity index (χ2v) is 2.37. The van der Waals surface area contributed by atoms with Crippen molar-refractivity contribution in [3.63, 3.8) is 0 Å². The van der Waals surface area contributed by atoms with Gasteiger partial charge in [0.1, 0.15) is 5.82 Å². The van der Waals surface area contributed by atoms with Gasteiger partial charge in [0.2, 0.25) is 0 Å². The highest BCUT2D eigenvalue weighted by Crippen LogP contribution is 2.06. The van der Waals surface area contributed by atoms with E-state index in [1.807, 2.05) is 19.1 Å². The van der Waals surface area contributed by atoms with E-state index in [2.05, 4.69) is 11.4 Å². The molecule has 0 aliphatic rings. The summed E-state index contributed by atoms with van der Waals surface area (Å²) in [5, 5.41) is 3.06. The lowest BCUT2D eigenvalue weighted by Gasteiger charge is -2.00. The third-order valence-corrected chi connectivity index (χ3v) is 1.42. The van der Waals surface area contributed by atoms with Crippen molar-refractivity contribution in [1.29, 1.82) is 0 Å². The van der Waals surface area contributed by atoms with Gasteiger partial charge in [0.15, 0.2) is 0 Å². The Morgan fingerprint density at radius 2 is 2.42 bits per heavy atom. The smallest absolute Gasteiger partial charge is 0.123 e. The molecular formula is C10H11FN. The Kier molecular flexibility index (Phi) is 3.33. The van der Waals surface area contributed by atoms with Gasteiger partial charge in [0, 0.05) is 18.3 Å². The van der Waals surface area contributed by atoms with E-state index in [1.165, 1.54) is 12.1 Å². The molecule has 0 aromatic heterocycles. The molecule has 1 radical (unpaired) electrons. The molecule has 0 spiro atoms. The van der Waals surface area contributed by atoms with Gasteiger partial charge < -0.3 is 5.32 Å². The first-order valence-corrected chi connectivity index (χ1v) is 3.85. The van der Waals surface area contributed by atoms with E-state index in [0.29, 0.717) is 0 Å². The summed E-state index contributed by atoms with van der Waals surface area (Å²) in [7, 11) is 0. The predicted octanol–water partition coefficient (Wildman–Crippen LogP) is 2.61. The fourth-order valence-corrected chi connectivity index (χ4v) is 0.803. The average Bonchev–Trinajstić information content (AvgIpc) is 2.09. The lowest BCUT2D eigenvalue weighted by Crippen LogP contribution is -1.97. The standard InChI is InChI=1S/C10H11FN/c1-2-3-8-12-10-6-4-9(11)5-7-10/h2-6,12H,8H2,1H3/b3-2+. The number of nitrogens with one attached hydrogen (secondary N) is 1. The van der Waals surface area contributed by atoms with Crippen LogP contribution in [-0.2, 0) is 0 Å². The third-order valence-electron chi connectivity index (χ3n) is 1.42. The van der Waals surface area contributed by atoms with E-state index in [1.54, 1.807) is 6.07 Å². The second kappa shape index (κ2) is 4.54. The third kappa shape index (κ3) is 2.74. The first-order valence-electron chi connectivity index (χ1n) is 3.85. The van der Waals surface area contributed by atoms with Crippen LogP contribution >= 0.6 is 0 Å². The summed E-state index contributed by atoms with van der Waals surface area (Å²) in [5.41, 5.74) is 0.814. The minimum atomic E-state index is -0.258. The molecule has 1 nitrogen and oxygen atoms in total. The molecule has 0 aliphatic heterocycles. The quantitative estimate of drug-likeness (QED) is 0.677. The molecule has 63 valence electrons. The maximum Gasteiger partial charge on any atom is 0.123 e. The zero-order chi connectivity index (χ0) is 8.81. The number of halogens is 1. The van der Waals surface area contributed by atoms with Crippen molar-refractivity contribution >= 4 is 5.69 Å². The van der Waals surface area contributed by atoms with Crippen molar-refractivity contribution in [2.75, 3.05) is 11.9 Å². The molecule has 1 N–H and O–H groups in total. The highest BCUT2D eigenvalue weighted by atomic mass is 19.1. The number of rotatable bonds is 3. The summed E-state index contributed by atoms with van der Waals surface area (Å²) in [4.78, 5) is 0. The topological polar surface area (TPSA) is 12.0 Å². The first-order chi connectivity index (χ1) is 5.83. The number of benzene rings is 1. The van der Waals surface area contributed by atoms with Crippen molar-refractivity contribution in [1.82, 2.24) is 0 Å². The lowest BCUT2D eigenvalue weighted by molar-refractivity contribution is 0.627. The second-order valence-electron chi connectivity index (χ2n) is 2.37. The number of anilines is 1. The van der Waals surface area contributed by atoms with E-state index < -0.39 is 0 Å². The molecular weight excluding hydrogens is 153 g/mol. The number of hydrogen-bond donors (Lipinski definition) is 1. The normalized spacial score (nSPS) is 10.5. The summed E-state index contributed by atoms with van der Waals surface area (Å²) in [6.07, 6.45) is 3.94. The highest BCUT2D eigenvalue weighted by Gasteiger charge is 1.90. The number of hydrogen-bond acceptors (Lipinski definition) is 1. The fourth-order valence-electron chi connectivity index (χ4n) is 0.803. The van der Waals surface area contributed by atoms with Crippen molar-refractivity contribution < 1.29 is 4.39 Å². The summed E-state index contributed by atoms with van der Waals surface area (Å²) in [6, 6.07) is 7.17. The Balaban J connectivity index is 2.47. The maximum atomic E-state index is 12.4. The molecule has 0 saturated carbocycles. The fraction of sp³-hybridized carbons (Fsp3) is 0.200. The molecule has 0 aliphatic carbocycles. The van der Waals surface area contributed by atoms with Gasteiger partial charge >= 0.3 is 0 Å². The van der Waals surface area contributed by atoms with Crippen molar-refractivity contribution in [3.8, 4) is 0 Å². The Labute approximate surface area is 71.9 Å². The van der Waals surface area contributed by atoms with Crippen LogP contribution in [0.1, 0.15) is 6.92 Å². The van der Waals surface area contributed by atoms with Gasteiger partial charge in [-0.05, 0) is 25.1 Å². The van der Waals surface area contributed by atoms with E-state index in [0.717, 1.165) is 12.2 Å². The van der Waals surface area contributed by atoms with E-state index in [4.69, 9.17) is 0 Å². The molecule has 12 heavy (non-hydrogen) atoms. The zero-order valence-electron chi connectivity index (χ0n) is 6.97. The van der Waals surface area contributed by atoms with Crippen molar-refractivity contribution in [2.24, 2.45) is 0 Å². The molecule has 0 saturated heterocycles. The van der Waals surface area contributed by atoms with Gasteiger partial charge in [-0.1, -0.05) is 12.2 Å². The van der Waals surface area contributed by atoms with Crippen LogP contribution < -0.4 is 5.32 Å². The summed E-state index contributed by atoms with van der Waals surface area (Å²) in [6.45, 7) is 2.70. The first kappa shape index (κ1) is 8.78. The van der Waals surface area contributed by atoms with E-state index in [9.17, 15) is 4.39 Å². The Hall–Kier alpha value is -1.31. The monoisotopic (exact) mass is 164 g/mol. The minimum Gasteiger partial charge on any atom is -0.381 e. The SMILES string of the molecule is C/C=C/CNc1[c]cc(F)cc1. The molecule has 0 atom stereocenters. The summed E-state index contributed by atoms with van der Waals surface area (Å²) < 4.78 is 12.4. The molecule has 1 rings (SSSR count). The molecule has 0 unspecified atom stereocenters. The van der Waals surface area contributed by atoms with Crippen LogP contribution in [0.4, 0.5) is 10.1 Å². The Morgan fingerprint density at radius 1 is 1.58 bits per heavy atom. The molecule has 0 heterocycles. The predicted molar refractivity (Wildman–Crippen MR) is 48.5 cm³/mol. The maximum absolute atomic E-state index is 12.4. The van der Waals surface area contributed by atoms with Crippen LogP contribution in [0, 0.1) is 11.9 Å². The van der Waals surface area contributed by atoms with Crippen LogP contribution in [0.25, 0.3) is 0 Å². The Bertz CT molecular complexity index is 251. The van der Waals surface area contributed by atoms with Crippen molar-refractivity contribution in [2.45, 2.75) is 6.92 Å². The van der Waals surface area contributed by atoms with Crippen LogP contribution in [0.5, 0.6) is 0 Å². The van der Waals surface area contributed by atoms with Gasteiger partial charge in [-0.15, -0.1) is 0 Å². The number of allylic oxidation sites excluding steroid dienone is 1. The van der Waals surface area contributed by atoms with Gasteiger partial charge in [-0.25, -0.2) is 4.39 Å². The summed E-state index contributed by atoms with van der Waals surface area (Å²) in [5.74, 6) is -0.258. The molecule has 1 aromatic rings. The lowest BCUT2D eigenvalue weighted by atomic mass is 10.3. The van der Waals surface area contributed by atoms with Crippen molar-refractivity contribution in [3.05, 3.63) is 42.2 Å². The largest absolute Gasteiger partial charge is 0.381 e. The molecule has 0 bridgehead atoms. The Morgan fingerprint density at radius 3 is 3.00 bits per heavy atom. The summed E-state index contributed by atoms with van der Waals surface area (Å²) >= 11 is 0. The van der Waals surface area contributed by atoms with Crippen LogP contribution in [0.2, 0.25) is 0 Å². The average molecular weight is 164 g/mol. The molecule has 0 amide bonds. The molecule has 1 aromatic carbocycles. The van der Waals surface area contributed by atoms with E-state index in [-0.39, 0.29) is 5.82 Å². The van der Waals surface area contributed by atoms with Crippen LogP contribution in [0.15, 0.2) is 30.4 Å². The molecule has 2 heteroatoms. The highest BCUT2D eigenvalue weighted by molar-refractivity contribution is 5.41. The van der Waals surface area contributed by atoms with Crippen LogP contribution in [-0.4, -0.2) is 6.54 Å². The minimum absolute atomic E-state index is 0.258. The van der Waals surface area contributed by atoms with Gasteiger partial charge in [0.25, 0.3) is 0 Å². The zero-order valence-corrected chi connectivity index (χ0v) is 6.97.